The van der Waals surface area contributed by atoms with E-state index in [1.54, 1.807) is 35.5 Å². The highest BCUT2D eigenvalue weighted by molar-refractivity contribution is 7.10. The monoisotopic (exact) mass is 440 g/mol. The maximum absolute atomic E-state index is 13.4. The van der Waals surface area contributed by atoms with Gasteiger partial charge >= 0.3 is 0 Å². The van der Waals surface area contributed by atoms with Crippen LogP contribution in [0.15, 0.2) is 64.6 Å². The summed E-state index contributed by atoms with van der Waals surface area (Å²) in [6.45, 7) is 3.96. The molecule has 2 amide bonds. The minimum absolute atomic E-state index is 0.0134. The van der Waals surface area contributed by atoms with Crippen molar-refractivity contribution < 1.29 is 18.7 Å². The van der Waals surface area contributed by atoms with Crippen LogP contribution in [0.1, 0.15) is 33.0 Å². The van der Waals surface area contributed by atoms with E-state index in [-0.39, 0.29) is 24.1 Å². The number of hydrogen-bond donors (Lipinski definition) is 0. The second-order valence-electron chi connectivity index (χ2n) is 7.31. The zero-order valence-electron chi connectivity index (χ0n) is 18.0. The molecule has 0 fully saturated rings. The highest BCUT2D eigenvalue weighted by Gasteiger charge is 2.24. The molecular formula is C24H28N2O4S. The van der Waals surface area contributed by atoms with E-state index in [4.69, 9.17) is 9.15 Å². The van der Waals surface area contributed by atoms with Gasteiger partial charge in [-0.05, 0) is 48.1 Å². The van der Waals surface area contributed by atoms with E-state index in [0.29, 0.717) is 32.7 Å². The summed E-state index contributed by atoms with van der Waals surface area (Å²) in [6, 6.07) is 15.2. The summed E-state index contributed by atoms with van der Waals surface area (Å²) in [5.74, 6) is -0.163. The molecule has 6 nitrogen and oxygen atoms in total. The number of furan rings is 1. The molecule has 0 aliphatic rings. The van der Waals surface area contributed by atoms with Gasteiger partial charge in [-0.2, -0.15) is 0 Å². The Labute approximate surface area is 187 Å². The molecule has 0 radical (unpaired) electrons. The standard InChI is InChI=1S/C24H28N2O4S/c1-19-11-15-31-22(19)17-26(16-20-8-4-3-5-9-20)23(27)18-25(12-7-13-29-2)24(28)21-10-6-14-30-21/h3-6,8-11,14-15H,7,12-13,16-18H2,1-2H3. The van der Waals surface area contributed by atoms with E-state index in [0.717, 1.165) is 10.4 Å². The number of rotatable bonds is 11. The van der Waals surface area contributed by atoms with E-state index in [1.807, 2.05) is 40.6 Å². The minimum atomic E-state index is -0.290. The molecule has 1 aromatic carbocycles. The zero-order chi connectivity index (χ0) is 22.1. The Hall–Kier alpha value is -2.90. The van der Waals surface area contributed by atoms with Crippen LogP contribution in [-0.4, -0.2) is 48.4 Å². The van der Waals surface area contributed by atoms with Gasteiger partial charge in [0.15, 0.2) is 5.76 Å². The Bertz CT molecular complexity index is 953. The van der Waals surface area contributed by atoms with Gasteiger partial charge < -0.3 is 19.0 Å². The Morgan fingerprint density at radius 2 is 1.84 bits per heavy atom. The van der Waals surface area contributed by atoms with Crippen LogP contribution in [0.5, 0.6) is 0 Å². The Morgan fingerprint density at radius 1 is 1.03 bits per heavy atom. The number of benzene rings is 1. The molecule has 0 bridgehead atoms. The molecule has 7 heteroatoms. The first-order valence-corrected chi connectivity index (χ1v) is 11.1. The summed E-state index contributed by atoms with van der Waals surface area (Å²) in [7, 11) is 1.62. The van der Waals surface area contributed by atoms with Gasteiger partial charge in [0.2, 0.25) is 5.91 Å². The van der Waals surface area contributed by atoms with E-state index < -0.39 is 0 Å². The fraction of sp³-hybridized carbons (Fsp3) is 0.333. The number of ether oxygens (including phenoxy) is 1. The molecule has 0 aliphatic heterocycles. The molecular weight excluding hydrogens is 412 g/mol. The molecule has 164 valence electrons. The fourth-order valence-corrected chi connectivity index (χ4v) is 4.17. The van der Waals surface area contributed by atoms with Gasteiger partial charge in [-0.3, -0.25) is 9.59 Å². The summed E-state index contributed by atoms with van der Waals surface area (Å²) in [5.41, 5.74) is 2.22. The normalized spacial score (nSPS) is 10.8. The highest BCUT2D eigenvalue weighted by atomic mass is 32.1. The lowest BCUT2D eigenvalue weighted by atomic mass is 10.2. The molecule has 2 aromatic heterocycles. The van der Waals surface area contributed by atoms with Crippen molar-refractivity contribution in [3.63, 3.8) is 0 Å². The SMILES string of the molecule is COCCCN(CC(=O)N(Cc1ccccc1)Cc1sccc1C)C(=O)c1ccco1. The summed E-state index contributed by atoms with van der Waals surface area (Å²) in [6.07, 6.45) is 2.10. The first-order valence-electron chi connectivity index (χ1n) is 10.2. The Kier molecular flexibility index (Phi) is 8.44. The number of nitrogens with zero attached hydrogens (tertiary/aromatic N) is 2. The molecule has 2 heterocycles. The zero-order valence-corrected chi connectivity index (χ0v) is 18.8. The van der Waals surface area contributed by atoms with Crippen LogP contribution in [0.3, 0.4) is 0 Å². The van der Waals surface area contributed by atoms with Crippen molar-refractivity contribution >= 4 is 23.2 Å². The minimum Gasteiger partial charge on any atom is -0.459 e. The van der Waals surface area contributed by atoms with E-state index in [2.05, 4.69) is 13.0 Å². The summed E-state index contributed by atoms with van der Waals surface area (Å²) < 4.78 is 10.4. The third-order valence-electron chi connectivity index (χ3n) is 4.99. The number of amides is 2. The second-order valence-corrected chi connectivity index (χ2v) is 8.31. The number of carbonyl (C=O) groups excluding carboxylic acids is 2. The Morgan fingerprint density at radius 3 is 2.48 bits per heavy atom. The fourth-order valence-electron chi connectivity index (χ4n) is 3.25. The lowest BCUT2D eigenvalue weighted by Gasteiger charge is -2.27. The van der Waals surface area contributed by atoms with Crippen molar-refractivity contribution in [2.24, 2.45) is 0 Å². The van der Waals surface area contributed by atoms with Crippen LogP contribution in [0.25, 0.3) is 0 Å². The van der Waals surface area contributed by atoms with E-state index in [1.165, 1.54) is 11.8 Å². The molecule has 0 spiro atoms. The van der Waals surface area contributed by atoms with Gasteiger partial charge in [-0.25, -0.2) is 0 Å². The van der Waals surface area contributed by atoms with Crippen LogP contribution < -0.4 is 0 Å². The first-order chi connectivity index (χ1) is 15.1. The van der Waals surface area contributed by atoms with E-state index >= 15 is 0 Å². The van der Waals surface area contributed by atoms with Gasteiger partial charge in [0.05, 0.1) is 12.8 Å². The van der Waals surface area contributed by atoms with E-state index in [9.17, 15) is 9.59 Å². The van der Waals surface area contributed by atoms with Crippen LogP contribution >= 0.6 is 11.3 Å². The molecule has 0 N–H and O–H groups in total. The summed E-state index contributed by atoms with van der Waals surface area (Å²) in [4.78, 5) is 30.8. The molecule has 0 atom stereocenters. The van der Waals surface area contributed by atoms with Gasteiger partial charge in [-0.1, -0.05) is 30.3 Å². The second kappa shape index (κ2) is 11.5. The quantitative estimate of drug-likeness (QED) is 0.416. The first kappa shape index (κ1) is 22.8. The lowest BCUT2D eigenvalue weighted by molar-refractivity contribution is -0.133. The van der Waals surface area contributed by atoms with Crippen molar-refractivity contribution in [3.8, 4) is 0 Å². The maximum atomic E-state index is 13.4. The molecule has 3 rings (SSSR count). The molecule has 0 aliphatic carbocycles. The summed E-state index contributed by atoms with van der Waals surface area (Å²) >= 11 is 1.64. The van der Waals surface area contributed by atoms with Crippen molar-refractivity contribution in [2.45, 2.75) is 26.4 Å². The van der Waals surface area contributed by atoms with Crippen LogP contribution in [0.4, 0.5) is 0 Å². The van der Waals surface area contributed by atoms with Crippen molar-refractivity contribution in [3.05, 3.63) is 81.9 Å². The molecule has 3 aromatic rings. The smallest absolute Gasteiger partial charge is 0.290 e. The third-order valence-corrected chi connectivity index (χ3v) is 6.00. The summed E-state index contributed by atoms with van der Waals surface area (Å²) in [5, 5.41) is 2.04. The largest absolute Gasteiger partial charge is 0.459 e. The molecule has 0 saturated carbocycles. The topological polar surface area (TPSA) is 63.0 Å². The van der Waals surface area contributed by atoms with Crippen molar-refractivity contribution in [1.29, 1.82) is 0 Å². The Balaban J connectivity index is 1.77. The number of methoxy groups -OCH3 is 1. The van der Waals surface area contributed by atoms with Gasteiger partial charge in [0.25, 0.3) is 5.91 Å². The molecule has 0 unspecified atom stereocenters. The number of hydrogen-bond acceptors (Lipinski definition) is 5. The third kappa shape index (κ3) is 6.54. The number of carbonyl (C=O) groups is 2. The van der Waals surface area contributed by atoms with Gasteiger partial charge in [-0.15, -0.1) is 11.3 Å². The average molecular weight is 441 g/mol. The van der Waals surface area contributed by atoms with Gasteiger partial charge in [0, 0.05) is 31.7 Å². The van der Waals surface area contributed by atoms with Gasteiger partial charge in [0.1, 0.15) is 6.54 Å². The number of aryl methyl sites for hydroxylation is 1. The predicted octanol–water partition coefficient (Wildman–Crippen LogP) is 4.36. The van der Waals surface area contributed by atoms with Crippen LogP contribution in [0.2, 0.25) is 0 Å². The van der Waals surface area contributed by atoms with Crippen molar-refractivity contribution in [2.75, 3.05) is 26.8 Å². The average Bonchev–Trinajstić information content (AvgIpc) is 3.45. The van der Waals surface area contributed by atoms with Crippen molar-refractivity contribution in [1.82, 2.24) is 9.80 Å². The highest BCUT2D eigenvalue weighted by Crippen LogP contribution is 2.20. The van der Waals surface area contributed by atoms with Crippen LogP contribution in [-0.2, 0) is 22.6 Å². The maximum Gasteiger partial charge on any atom is 0.290 e. The molecule has 0 saturated heterocycles. The lowest BCUT2D eigenvalue weighted by Crippen LogP contribution is -2.43. The van der Waals surface area contributed by atoms with Crippen LogP contribution in [0, 0.1) is 6.92 Å². The molecule has 31 heavy (non-hydrogen) atoms. The number of thiophene rings is 1. The predicted molar refractivity (Wildman–Crippen MR) is 121 cm³/mol.